The van der Waals surface area contributed by atoms with Gasteiger partial charge in [-0.05, 0) is 36.1 Å². The van der Waals surface area contributed by atoms with Gasteiger partial charge in [0.05, 0.1) is 16.3 Å². The lowest BCUT2D eigenvalue weighted by molar-refractivity contribution is 0.0980. The molecule has 28 heavy (non-hydrogen) atoms. The topological polar surface area (TPSA) is 86.2 Å². The number of ketones is 1. The molecule has 2 heterocycles. The smallest absolute Gasteiger partial charge is 0.232 e. The fourth-order valence-corrected chi connectivity index (χ4v) is 3.42. The van der Waals surface area contributed by atoms with Crippen molar-refractivity contribution >= 4 is 33.7 Å². The van der Waals surface area contributed by atoms with Gasteiger partial charge in [0, 0.05) is 6.42 Å². The third-order valence-corrected chi connectivity index (χ3v) is 5.19. The Balaban J connectivity index is 1.98. The predicted octanol–water partition coefficient (Wildman–Crippen LogP) is 5.59. The van der Waals surface area contributed by atoms with Crippen LogP contribution in [0.3, 0.4) is 0 Å². The van der Waals surface area contributed by atoms with E-state index in [1.54, 1.807) is 12.1 Å². The van der Waals surface area contributed by atoms with Gasteiger partial charge >= 0.3 is 0 Å². The van der Waals surface area contributed by atoms with Crippen molar-refractivity contribution in [2.24, 2.45) is 0 Å². The minimum atomic E-state index is -0.178. The summed E-state index contributed by atoms with van der Waals surface area (Å²) in [6.07, 6.45) is 5.73. The van der Waals surface area contributed by atoms with Gasteiger partial charge in [-0.2, -0.15) is 4.98 Å². The molecule has 0 spiro atoms. The van der Waals surface area contributed by atoms with Crippen molar-refractivity contribution in [2.75, 3.05) is 5.73 Å². The molecule has 3 rings (SSSR count). The monoisotopic (exact) mass is 380 g/mol. The van der Waals surface area contributed by atoms with Gasteiger partial charge in [-0.1, -0.05) is 52.5 Å². The van der Waals surface area contributed by atoms with Crippen molar-refractivity contribution in [1.82, 2.24) is 4.98 Å². The van der Waals surface area contributed by atoms with Crippen molar-refractivity contribution in [3.05, 3.63) is 45.6 Å². The second kappa shape index (κ2) is 8.55. The van der Waals surface area contributed by atoms with Crippen LogP contribution in [0.2, 0.25) is 0 Å². The highest BCUT2D eigenvalue weighted by molar-refractivity contribution is 6.03. The normalized spacial score (nSPS) is 11.6. The molecule has 0 unspecified atom stereocenters. The van der Waals surface area contributed by atoms with Crippen LogP contribution in [0, 0.1) is 0 Å². The fourth-order valence-electron chi connectivity index (χ4n) is 3.42. The highest BCUT2D eigenvalue weighted by Gasteiger charge is 2.17. The Morgan fingerprint density at radius 3 is 2.57 bits per heavy atom. The average Bonchev–Trinajstić information content (AvgIpc) is 2.67. The number of hydrogen-bond donors (Lipinski definition) is 1. The number of anilines is 1. The summed E-state index contributed by atoms with van der Waals surface area (Å²) in [5.74, 6) is 0.347. The van der Waals surface area contributed by atoms with Gasteiger partial charge in [-0.3, -0.25) is 9.59 Å². The largest absolute Gasteiger partial charge is 0.437 e. The molecule has 5 nitrogen and oxygen atoms in total. The number of rotatable bonds is 8. The number of Topliss-reactive ketones (excluding diaryl/α,β-unsaturated/α-hetero) is 1. The Hall–Kier alpha value is -2.69. The Kier molecular flexibility index (Phi) is 6.12. The van der Waals surface area contributed by atoms with Gasteiger partial charge in [0.2, 0.25) is 11.1 Å². The quantitative estimate of drug-likeness (QED) is 0.313. The number of hydrogen-bond acceptors (Lipinski definition) is 5. The zero-order chi connectivity index (χ0) is 20.3. The van der Waals surface area contributed by atoms with Gasteiger partial charge in [0.15, 0.2) is 5.78 Å². The van der Waals surface area contributed by atoms with Gasteiger partial charge in [0.25, 0.3) is 0 Å². The van der Waals surface area contributed by atoms with E-state index in [0.29, 0.717) is 34.3 Å². The lowest BCUT2D eigenvalue weighted by Crippen LogP contribution is -2.10. The Labute approximate surface area is 164 Å². The molecule has 0 saturated heterocycles. The van der Waals surface area contributed by atoms with Gasteiger partial charge < -0.3 is 10.2 Å². The number of nitrogens with two attached hydrogens (primary N) is 1. The number of nitrogens with zero attached hydrogens (tertiary/aromatic N) is 1. The first-order valence-corrected chi connectivity index (χ1v) is 10.1. The molecule has 0 atom stereocenters. The van der Waals surface area contributed by atoms with Crippen LogP contribution in [0.5, 0.6) is 0 Å². The molecule has 1 aromatic carbocycles. The Morgan fingerprint density at radius 1 is 1.11 bits per heavy atom. The van der Waals surface area contributed by atoms with Crippen LogP contribution in [0.1, 0.15) is 81.1 Å². The predicted molar refractivity (Wildman–Crippen MR) is 114 cm³/mol. The first-order chi connectivity index (χ1) is 13.4. The number of nitrogen functional groups attached to an aromatic ring is 1. The van der Waals surface area contributed by atoms with Crippen LogP contribution in [0.4, 0.5) is 5.82 Å². The first kappa shape index (κ1) is 20.1. The van der Waals surface area contributed by atoms with Crippen molar-refractivity contribution < 1.29 is 9.21 Å². The summed E-state index contributed by atoms with van der Waals surface area (Å²) in [6, 6.07) is 7.15. The van der Waals surface area contributed by atoms with Crippen molar-refractivity contribution in [2.45, 2.75) is 65.2 Å². The standard InChI is InChI=1S/C23H28N2O3/c1-4-5-6-7-8-9-19(26)16-13-18-21(27)17-12-15(14(2)3)10-11-20(17)28-23(18)25-22(16)24/h10-14H,4-9H2,1-3H3,(H2,24,25). The maximum absolute atomic E-state index is 13.0. The number of unbranched alkanes of at least 4 members (excludes halogenated alkanes) is 4. The lowest BCUT2D eigenvalue weighted by Gasteiger charge is -2.09. The second-order valence-electron chi connectivity index (χ2n) is 7.70. The molecule has 0 amide bonds. The summed E-state index contributed by atoms with van der Waals surface area (Å²) in [5.41, 5.74) is 7.85. The number of fused-ring (bicyclic) bond motifs is 2. The first-order valence-electron chi connectivity index (χ1n) is 10.1. The number of aromatic nitrogens is 1. The highest BCUT2D eigenvalue weighted by Crippen LogP contribution is 2.25. The molecule has 0 aliphatic carbocycles. The number of pyridine rings is 1. The number of benzene rings is 1. The van der Waals surface area contributed by atoms with E-state index in [1.807, 2.05) is 12.1 Å². The molecule has 0 aliphatic heterocycles. The molecule has 0 bridgehead atoms. The molecule has 3 aromatic rings. The number of carbonyl (C=O) groups excluding carboxylic acids is 1. The summed E-state index contributed by atoms with van der Waals surface area (Å²) in [6.45, 7) is 6.30. The van der Waals surface area contributed by atoms with Crippen molar-refractivity contribution in [1.29, 1.82) is 0 Å². The molecular formula is C23H28N2O3. The van der Waals surface area contributed by atoms with E-state index in [2.05, 4.69) is 25.8 Å². The van der Waals surface area contributed by atoms with Crippen molar-refractivity contribution in [3.8, 4) is 0 Å². The zero-order valence-corrected chi connectivity index (χ0v) is 16.9. The Bertz CT molecular complexity index is 1070. The van der Waals surface area contributed by atoms with E-state index < -0.39 is 0 Å². The molecule has 2 aromatic heterocycles. The maximum Gasteiger partial charge on any atom is 0.232 e. The molecule has 0 fully saturated rings. The van der Waals surface area contributed by atoms with E-state index in [0.717, 1.165) is 31.2 Å². The van der Waals surface area contributed by atoms with Crippen LogP contribution < -0.4 is 11.2 Å². The molecule has 0 saturated carbocycles. The molecule has 2 N–H and O–H groups in total. The summed E-state index contributed by atoms with van der Waals surface area (Å²) >= 11 is 0. The minimum Gasteiger partial charge on any atom is -0.437 e. The Morgan fingerprint density at radius 2 is 1.86 bits per heavy atom. The van der Waals surface area contributed by atoms with E-state index in [1.165, 1.54) is 6.42 Å². The van der Waals surface area contributed by atoms with Gasteiger partial charge in [-0.15, -0.1) is 0 Å². The number of carbonyl (C=O) groups is 1. The van der Waals surface area contributed by atoms with Crippen LogP contribution in [0.25, 0.3) is 22.1 Å². The van der Waals surface area contributed by atoms with Crippen LogP contribution >= 0.6 is 0 Å². The fraction of sp³-hybridized carbons (Fsp3) is 0.435. The molecule has 0 radical (unpaired) electrons. The van der Waals surface area contributed by atoms with Crippen LogP contribution in [-0.4, -0.2) is 10.8 Å². The van der Waals surface area contributed by atoms with Crippen LogP contribution in [-0.2, 0) is 0 Å². The van der Waals surface area contributed by atoms with E-state index in [9.17, 15) is 9.59 Å². The van der Waals surface area contributed by atoms with Crippen LogP contribution in [0.15, 0.2) is 33.5 Å². The summed E-state index contributed by atoms with van der Waals surface area (Å²) < 4.78 is 5.80. The highest BCUT2D eigenvalue weighted by atomic mass is 16.3. The molecule has 148 valence electrons. The summed E-state index contributed by atoms with van der Waals surface area (Å²) in [7, 11) is 0. The molecular weight excluding hydrogens is 352 g/mol. The molecule has 0 aliphatic rings. The second-order valence-corrected chi connectivity index (χ2v) is 7.70. The minimum absolute atomic E-state index is 0.0705. The van der Waals surface area contributed by atoms with E-state index in [4.69, 9.17) is 10.2 Å². The third-order valence-electron chi connectivity index (χ3n) is 5.19. The van der Waals surface area contributed by atoms with Gasteiger partial charge in [-0.25, -0.2) is 0 Å². The van der Waals surface area contributed by atoms with Crippen molar-refractivity contribution in [3.63, 3.8) is 0 Å². The SMILES string of the molecule is CCCCCCCC(=O)c1cc2c(=O)c3cc(C(C)C)ccc3oc2nc1N. The summed E-state index contributed by atoms with van der Waals surface area (Å²) in [5, 5.41) is 0.806. The van der Waals surface area contributed by atoms with E-state index >= 15 is 0 Å². The average molecular weight is 380 g/mol. The lowest BCUT2D eigenvalue weighted by atomic mass is 10.00. The summed E-state index contributed by atoms with van der Waals surface area (Å²) in [4.78, 5) is 29.8. The zero-order valence-electron chi connectivity index (χ0n) is 16.9. The van der Waals surface area contributed by atoms with Gasteiger partial charge in [0.1, 0.15) is 11.4 Å². The maximum atomic E-state index is 13.0. The molecule has 5 heteroatoms. The van der Waals surface area contributed by atoms with E-state index in [-0.39, 0.29) is 22.7 Å². The third kappa shape index (κ3) is 4.08.